The molecule has 0 amide bonds. The molecule has 3 rings (SSSR count). The second-order valence-electron chi connectivity index (χ2n) is 4.43. The summed E-state index contributed by atoms with van der Waals surface area (Å²) in [5, 5.41) is 0.805. The first-order chi connectivity index (χ1) is 6.70. The zero-order valence-corrected chi connectivity index (χ0v) is 10.1. The molecule has 0 N–H and O–H groups in total. The van der Waals surface area contributed by atoms with Gasteiger partial charge in [-0.2, -0.15) is 0 Å². The van der Waals surface area contributed by atoms with Crippen LogP contribution in [0, 0.1) is 5.41 Å². The average molecular weight is 273 g/mol. The van der Waals surface area contributed by atoms with Gasteiger partial charge in [-0.05, 0) is 40.9 Å². The van der Waals surface area contributed by atoms with Gasteiger partial charge in [0.25, 0.3) is 0 Å². The monoisotopic (exact) mass is 271 g/mol. The summed E-state index contributed by atoms with van der Waals surface area (Å²) in [6, 6.07) is 6.06. The van der Waals surface area contributed by atoms with E-state index < -0.39 is 0 Å². The summed E-state index contributed by atoms with van der Waals surface area (Å²) in [6.45, 7) is 2.43. The van der Waals surface area contributed by atoms with Gasteiger partial charge in [0, 0.05) is 18.5 Å². The van der Waals surface area contributed by atoms with Crippen LogP contribution in [0.4, 0.5) is 5.69 Å². The number of anilines is 1. The highest BCUT2D eigenvalue weighted by molar-refractivity contribution is 9.10. The van der Waals surface area contributed by atoms with Crippen LogP contribution in [0.5, 0.6) is 0 Å². The number of hydrogen-bond donors (Lipinski definition) is 0. The van der Waals surface area contributed by atoms with Gasteiger partial charge in [0.15, 0.2) is 0 Å². The van der Waals surface area contributed by atoms with E-state index in [0.717, 1.165) is 9.50 Å². The van der Waals surface area contributed by atoms with E-state index in [9.17, 15) is 0 Å². The standard InChI is InChI=1S/C11H11BrClN/c12-10-8(13)2-1-3-9(10)14-6-11(7-14)4-5-11/h1-3H,4-7H2. The quantitative estimate of drug-likeness (QED) is 0.753. The van der Waals surface area contributed by atoms with Gasteiger partial charge in [-0.3, -0.25) is 0 Å². The normalized spacial score (nSPS) is 22.3. The molecule has 1 aromatic rings. The van der Waals surface area contributed by atoms with Crippen LogP contribution in [0.1, 0.15) is 12.8 Å². The summed E-state index contributed by atoms with van der Waals surface area (Å²) in [6.07, 6.45) is 2.84. The molecule has 1 aliphatic carbocycles. The zero-order chi connectivity index (χ0) is 9.76. The van der Waals surface area contributed by atoms with Gasteiger partial charge in [-0.15, -0.1) is 0 Å². The summed E-state index contributed by atoms with van der Waals surface area (Å²) < 4.78 is 1.04. The Morgan fingerprint density at radius 1 is 1.29 bits per heavy atom. The lowest BCUT2D eigenvalue weighted by atomic mass is 9.96. The number of benzene rings is 1. The van der Waals surface area contributed by atoms with Crippen molar-refractivity contribution in [1.29, 1.82) is 0 Å². The Balaban J connectivity index is 1.86. The molecule has 0 unspecified atom stereocenters. The van der Waals surface area contributed by atoms with E-state index in [-0.39, 0.29) is 0 Å². The Hall–Kier alpha value is -0.210. The molecule has 14 heavy (non-hydrogen) atoms. The minimum absolute atomic E-state index is 0.696. The Kier molecular flexibility index (Phi) is 1.87. The predicted molar refractivity (Wildman–Crippen MR) is 63.0 cm³/mol. The maximum Gasteiger partial charge on any atom is 0.0595 e. The highest BCUT2D eigenvalue weighted by atomic mass is 79.9. The minimum Gasteiger partial charge on any atom is -0.369 e. The smallest absolute Gasteiger partial charge is 0.0595 e. The number of halogens is 2. The van der Waals surface area contributed by atoms with Gasteiger partial charge in [-0.1, -0.05) is 17.7 Å². The molecule has 1 spiro atoms. The van der Waals surface area contributed by atoms with E-state index in [4.69, 9.17) is 11.6 Å². The van der Waals surface area contributed by atoms with Crippen molar-refractivity contribution < 1.29 is 0 Å². The Morgan fingerprint density at radius 3 is 2.64 bits per heavy atom. The fourth-order valence-electron chi connectivity index (χ4n) is 2.16. The van der Waals surface area contributed by atoms with E-state index in [1.807, 2.05) is 12.1 Å². The third-order valence-electron chi connectivity index (χ3n) is 3.28. The first-order valence-electron chi connectivity index (χ1n) is 4.89. The number of rotatable bonds is 1. The topological polar surface area (TPSA) is 3.24 Å². The summed E-state index contributed by atoms with van der Waals surface area (Å²) in [5.74, 6) is 0. The fraction of sp³-hybridized carbons (Fsp3) is 0.455. The second-order valence-corrected chi connectivity index (χ2v) is 5.63. The van der Waals surface area contributed by atoms with Crippen LogP contribution in [0.3, 0.4) is 0 Å². The first-order valence-corrected chi connectivity index (χ1v) is 6.06. The van der Waals surface area contributed by atoms with Crippen molar-refractivity contribution in [2.45, 2.75) is 12.8 Å². The molecule has 0 radical (unpaired) electrons. The summed E-state index contributed by atoms with van der Waals surface area (Å²) in [5.41, 5.74) is 1.94. The molecule has 1 aliphatic heterocycles. The number of nitrogens with zero attached hydrogens (tertiary/aromatic N) is 1. The lowest BCUT2D eigenvalue weighted by molar-refractivity contribution is 0.387. The lowest BCUT2D eigenvalue weighted by Gasteiger charge is -2.42. The summed E-state index contributed by atoms with van der Waals surface area (Å²) >= 11 is 9.59. The Morgan fingerprint density at radius 2 is 2.00 bits per heavy atom. The highest BCUT2D eigenvalue weighted by Crippen LogP contribution is 2.54. The van der Waals surface area contributed by atoms with Crippen molar-refractivity contribution in [2.24, 2.45) is 5.41 Å². The molecule has 0 bridgehead atoms. The maximum atomic E-state index is 6.05. The van der Waals surface area contributed by atoms with Gasteiger partial charge in [0.2, 0.25) is 0 Å². The molecule has 1 aromatic carbocycles. The van der Waals surface area contributed by atoms with Crippen molar-refractivity contribution in [2.75, 3.05) is 18.0 Å². The van der Waals surface area contributed by atoms with Crippen molar-refractivity contribution in [1.82, 2.24) is 0 Å². The van der Waals surface area contributed by atoms with E-state index in [0.29, 0.717) is 5.41 Å². The molecule has 1 nitrogen and oxygen atoms in total. The van der Waals surface area contributed by atoms with Gasteiger partial charge in [0.1, 0.15) is 0 Å². The summed E-state index contributed by atoms with van der Waals surface area (Å²) in [4.78, 5) is 2.41. The van der Waals surface area contributed by atoms with Crippen LogP contribution in [0.25, 0.3) is 0 Å². The lowest BCUT2D eigenvalue weighted by Crippen LogP contribution is -2.48. The van der Waals surface area contributed by atoms with E-state index in [1.165, 1.54) is 31.6 Å². The maximum absolute atomic E-state index is 6.05. The van der Waals surface area contributed by atoms with Crippen LogP contribution in [0.15, 0.2) is 22.7 Å². The van der Waals surface area contributed by atoms with E-state index in [2.05, 4.69) is 26.9 Å². The van der Waals surface area contributed by atoms with Crippen LogP contribution in [-0.4, -0.2) is 13.1 Å². The molecule has 1 heterocycles. The molecule has 1 saturated carbocycles. The first kappa shape index (κ1) is 9.05. The molecule has 0 aromatic heterocycles. The average Bonchev–Trinajstić information content (AvgIpc) is 2.87. The SMILES string of the molecule is Clc1cccc(N2CC3(CC3)C2)c1Br. The molecule has 74 valence electrons. The molecule has 3 heteroatoms. The van der Waals surface area contributed by atoms with Crippen molar-refractivity contribution in [3.8, 4) is 0 Å². The van der Waals surface area contributed by atoms with Crippen LogP contribution < -0.4 is 4.90 Å². The fourth-order valence-corrected chi connectivity index (χ4v) is 2.85. The number of hydrogen-bond acceptors (Lipinski definition) is 1. The van der Waals surface area contributed by atoms with E-state index in [1.54, 1.807) is 0 Å². The summed E-state index contributed by atoms with van der Waals surface area (Å²) in [7, 11) is 0. The van der Waals surface area contributed by atoms with Gasteiger partial charge < -0.3 is 4.90 Å². The van der Waals surface area contributed by atoms with E-state index >= 15 is 0 Å². The predicted octanol–water partition coefficient (Wildman–Crippen LogP) is 3.70. The molecule has 1 saturated heterocycles. The minimum atomic E-state index is 0.696. The third kappa shape index (κ3) is 1.28. The van der Waals surface area contributed by atoms with Crippen molar-refractivity contribution >= 4 is 33.2 Å². The van der Waals surface area contributed by atoms with Crippen LogP contribution in [0.2, 0.25) is 5.02 Å². The molecular formula is C11H11BrClN. The van der Waals surface area contributed by atoms with Crippen LogP contribution >= 0.6 is 27.5 Å². The largest absolute Gasteiger partial charge is 0.369 e. The highest BCUT2D eigenvalue weighted by Gasteiger charge is 2.52. The Bertz CT molecular complexity index is 379. The van der Waals surface area contributed by atoms with Crippen molar-refractivity contribution in [3.05, 3.63) is 27.7 Å². The molecule has 0 atom stereocenters. The van der Waals surface area contributed by atoms with Gasteiger partial charge >= 0.3 is 0 Å². The van der Waals surface area contributed by atoms with Crippen LogP contribution in [-0.2, 0) is 0 Å². The Labute approximate surface area is 97.2 Å². The van der Waals surface area contributed by atoms with Gasteiger partial charge in [-0.25, -0.2) is 0 Å². The molecular weight excluding hydrogens is 261 g/mol. The zero-order valence-electron chi connectivity index (χ0n) is 7.76. The molecule has 2 fully saturated rings. The van der Waals surface area contributed by atoms with Crippen molar-refractivity contribution in [3.63, 3.8) is 0 Å². The van der Waals surface area contributed by atoms with Gasteiger partial charge in [0.05, 0.1) is 15.2 Å². The second kappa shape index (κ2) is 2.89. The third-order valence-corrected chi connectivity index (χ3v) is 4.66. The molecule has 2 aliphatic rings.